The van der Waals surface area contributed by atoms with Gasteiger partial charge >= 0.3 is 0 Å². The van der Waals surface area contributed by atoms with Crippen LogP contribution in [-0.4, -0.2) is 9.96 Å². The Morgan fingerprint density at radius 3 is 2.57 bits per heavy atom. The molecule has 1 unspecified atom stereocenters. The molecule has 4 heteroatoms. The van der Waals surface area contributed by atoms with Crippen molar-refractivity contribution in [3.8, 4) is 0 Å². The molecule has 2 nitrogen and oxygen atoms in total. The summed E-state index contributed by atoms with van der Waals surface area (Å²) in [4.78, 5) is 0. The van der Waals surface area contributed by atoms with Crippen LogP contribution in [-0.2, 0) is 13.6 Å². The lowest BCUT2D eigenvalue weighted by Crippen LogP contribution is -1.92. The lowest BCUT2D eigenvalue weighted by atomic mass is 10.6. The zero-order chi connectivity index (χ0) is 5.70. The average Bonchev–Trinajstić information content (AvgIpc) is 1.68. The van der Waals surface area contributed by atoms with Crippen molar-refractivity contribution < 1.29 is 6.72 Å². The fraction of sp³-hybridized carbons (Fsp3) is 1.00. The van der Waals surface area contributed by atoms with Gasteiger partial charge in [-0.2, -0.15) is 0 Å². The molecule has 0 aromatic heterocycles. The maximum absolute atomic E-state index is 10.3. The number of hydrogen-bond acceptors (Lipinski definition) is 2. The van der Waals surface area contributed by atoms with Gasteiger partial charge in [-0.25, -0.2) is 6.72 Å². The Balaban J connectivity index is 3.00. The predicted molar refractivity (Wildman–Crippen MR) is 38.4 cm³/mol. The summed E-state index contributed by atoms with van der Waals surface area (Å²) >= 11 is 0.596. The highest BCUT2D eigenvalue weighted by Crippen LogP contribution is 1.94. The predicted octanol–water partition coefficient (Wildman–Crippen LogP) is 1.43. The molecule has 0 saturated carbocycles. The van der Waals surface area contributed by atoms with Crippen molar-refractivity contribution in [2.75, 3.05) is 5.75 Å². The van der Waals surface area contributed by atoms with Crippen molar-refractivity contribution in [2.24, 2.45) is 0 Å². The van der Waals surface area contributed by atoms with Gasteiger partial charge in [0.25, 0.3) is 0 Å². The Morgan fingerprint density at radius 1 is 1.86 bits per heavy atom. The first-order valence-corrected chi connectivity index (χ1v) is 4.11. The van der Waals surface area contributed by atoms with Crippen molar-refractivity contribution >= 4 is 34.1 Å². The molecule has 0 aromatic carbocycles. The smallest absolute Gasteiger partial charge is 0.165 e. The molecule has 0 heterocycles. The minimum absolute atomic E-state index is 0.642. The number of rotatable bonds is 3. The molecule has 0 fully saturated rings. The first-order valence-electron chi connectivity index (χ1n) is 1.98. The largest absolute Gasteiger partial charge is 0.229 e. The SMILES string of the molecule is CCCS(=O)OI. The molecule has 0 aromatic rings. The summed E-state index contributed by atoms with van der Waals surface area (Å²) < 4.78 is 14.7. The summed E-state index contributed by atoms with van der Waals surface area (Å²) in [6, 6.07) is 0. The zero-order valence-electron chi connectivity index (χ0n) is 4.02. The van der Waals surface area contributed by atoms with Gasteiger partial charge in [-0.1, -0.05) is 6.92 Å². The van der Waals surface area contributed by atoms with Gasteiger partial charge in [-0.15, -0.1) is 0 Å². The van der Waals surface area contributed by atoms with Gasteiger partial charge in [0.1, 0.15) is 23.0 Å². The van der Waals surface area contributed by atoms with Crippen LogP contribution >= 0.6 is 23.0 Å². The highest BCUT2D eigenvalue weighted by Gasteiger charge is 1.91. The van der Waals surface area contributed by atoms with Crippen LogP contribution in [0.2, 0.25) is 0 Å². The molecule has 44 valence electrons. The molecule has 0 amide bonds. The van der Waals surface area contributed by atoms with E-state index in [1.54, 1.807) is 23.0 Å². The average molecular weight is 234 g/mol. The third kappa shape index (κ3) is 4.70. The van der Waals surface area contributed by atoms with E-state index in [1.807, 2.05) is 6.92 Å². The van der Waals surface area contributed by atoms with Crippen molar-refractivity contribution in [3.63, 3.8) is 0 Å². The molecule has 0 rings (SSSR count). The Morgan fingerprint density at radius 2 is 2.43 bits per heavy atom. The molecule has 1 atom stereocenters. The molecule has 0 saturated heterocycles. The standard InChI is InChI=1S/C3H7IO2S/c1-2-3-7(5)6-4/h2-3H2,1H3. The monoisotopic (exact) mass is 234 g/mol. The molecular formula is C3H7IO2S. The van der Waals surface area contributed by atoms with Crippen molar-refractivity contribution in [2.45, 2.75) is 13.3 Å². The summed E-state index contributed by atoms with van der Waals surface area (Å²) in [5, 5.41) is 0. The van der Waals surface area contributed by atoms with Crippen LogP contribution in [0.25, 0.3) is 0 Å². The topological polar surface area (TPSA) is 26.3 Å². The van der Waals surface area contributed by atoms with Gasteiger partial charge in [-0.05, 0) is 6.42 Å². The first kappa shape index (κ1) is 7.84. The minimum Gasteiger partial charge on any atom is -0.229 e. The van der Waals surface area contributed by atoms with Crippen LogP contribution in [0.5, 0.6) is 0 Å². The lowest BCUT2D eigenvalue weighted by molar-refractivity contribution is 0.631. The number of halogens is 1. The summed E-state index contributed by atoms with van der Waals surface area (Å²) in [5.41, 5.74) is 0. The second-order valence-electron chi connectivity index (χ2n) is 1.07. The van der Waals surface area contributed by atoms with E-state index in [-0.39, 0.29) is 0 Å². The molecule has 0 aliphatic carbocycles. The first-order chi connectivity index (χ1) is 3.31. The minimum atomic E-state index is -1.04. The molecule has 0 spiro atoms. The van der Waals surface area contributed by atoms with E-state index in [9.17, 15) is 4.21 Å². The van der Waals surface area contributed by atoms with Gasteiger partial charge in [0, 0.05) is 0 Å². The zero-order valence-corrected chi connectivity index (χ0v) is 6.99. The fourth-order valence-corrected chi connectivity index (χ4v) is 1.13. The molecule has 0 N–H and O–H groups in total. The molecule has 0 radical (unpaired) electrons. The second-order valence-corrected chi connectivity index (χ2v) is 3.29. The van der Waals surface area contributed by atoms with Crippen LogP contribution in [0, 0.1) is 0 Å². The summed E-state index contributed by atoms with van der Waals surface area (Å²) in [7, 11) is 0. The van der Waals surface area contributed by atoms with E-state index in [0.717, 1.165) is 6.42 Å². The normalized spacial score (nSPS) is 14.0. The Labute approximate surface area is 60.0 Å². The van der Waals surface area contributed by atoms with Crippen molar-refractivity contribution in [1.82, 2.24) is 0 Å². The van der Waals surface area contributed by atoms with Crippen LogP contribution < -0.4 is 0 Å². The van der Waals surface area contributed by atoms with Crippen LogP contribution in [0.4, 0.5) is 0 Å². The van der Waals surface area contributed by atoms with E-state index in [1.165, 1.54) is 0 Å². The van der Waals surface area contributed by atoms with Crippen LogP contribution in [0.1, 0.15) is 13.3 Å². The molecular weight excluding hydrogens is 227 g/mol. The maximum Gasteiger partial charge on any atom is 0.165 e. The summed E-state index contributed by atoms with van der Waals surface area (Å²) in [6.45, 7) is 1.97. The number of hydrogen-bond donors (Lipinski definition) is 0. The molecule has 7 heavy (non-hydrogen) atoms. The summed E-state index contributed by atoms with van der Waals surface area (Å²) in [5.74, 6) is 0.642. The van der Waals surface area contributed by atoms with Gasteiger partial charge in [0.2, 0.25) is 0 Å². The lowest BCUT2D eigenvalue weighted by Gasteiger charge is -1.87. The Hall–Kier alpha value is 0.840. The molecule has 0 aliphatic heterocycles. The van der Waals surface area contributed by atoms with Crippen LogP contribution in [0.15, 0.2) is 0 Å². The third-order valence-electron chi connectivity index (χ3n) is 0.441. The van der Waals surface area contributed by atoms with E-state index in [0.29, 0.717) is 5.75 Å². The van der Waals surface area contributed by atoms with E-state index < -0.39 is 11.1 Å². The Bertz CT molecular complexity index is 66.0. The quantitative estimate of drug-likeness (QED) is 0.690. The van der Waals surface area contributed by atoms with Crippen molar-refractivity contribution in [3.05, 3.63) is 0 Å². The highest BCUT2D eigenvalue weighted by atomic mass is 127. The van der Waals surface area contributed by atoms with Crippen molar-refractivity contribution in [1.29, 1.82) is 0 Å². The third-order valence-corrected chi connectivity index (χ3v) is 2.53. The van der Waals surface area contributed by atoms with E-state index in [2.05, 4.69) is 2.51 Å². The van der Waals surface area contributed by atoms with E-state index >= 15 is 0 Å². The van der Waals surface area contributed by atoms with Gasteiger partial charge in [-0.3, -0.25) is 0 Å². The molecule has 0 aliphatic rings. The second kappa shape index (κ2) is 4.99. The van der Waals surface area contributed by atoms with Gasteiger partial charge in [0.15, 0.2) is 11.1 Å². The fourth-order valence-electron chi connectivity index (χ4n) is 0.198. The maximum atomic E-state index is 10.3. The van der Waals surface area contributed by atoms with Gasteiger partial charge < -0.3 is 0 Å². The van der Waals surface area contributed by atoms with Gasteiger partial charge in [0.05, 0.1) is 5.75 Å². The Kier molecular flexibility index (Phi) is 5.58. The van der Waals surface area contributed by atoms with Crippen LogP contribution in [0.3, 0.4) is 0 Å². The molecule has 0 bridgehead atoms. The van der Waals surface area contributed by atoms with E-state index in [4.69, 9.17) is 0 Å². The summed E-state index contributed by atoms with van der Waals surface area (Å²) in [6.07, 6.45) is 0.912. The highest BCUT2D eigenvalue weighted by molar-refractivity contribution is 14.1.